The number of aryl methyl sites for hydroxylation is 1. The van der Waals surface area contributed by atoms with E-state index in [4.69, 9.17) is 0 Å². The molecule has 0 aliphatic heterocycles. The van der Waals surface area contributed by atoms with Gasteiger partial charge in [0.25, 0.3) is 10.0 Å². The molecule has 0 fully saturated rings. The van der Waals surface area contributed by atoms with E-state index in [1.54, 1.807) is 48.5 Å². The lowest BCUT2D eigenvalue weighted by molar-refractivity contribution is -0.140. The van der Waals surface area contributed by atoms with Crippen LogP contribution in [0.3, 0.4) is 0 Å². The lowest BCUT2D eigenvalue weighted by atomic mass is 10.0. The normalized spacial score (nSPS) is 12.6. The summed E-state index contributed by atoms with van der Waals surface area (Å²) >= 11 is 0. The monoisotopic (exact) mass is 597 g/mol. The maximum atomic E-state index is 14.4. The first-order chi connectivity index (χ1) is 20.7. The van der Waals surface area contributed by atoms with Crippen molar-refractivity contribution in [3.8, 4) is 0 Å². The molecule has 0 bridgehead atoms. The number of anilines is 1. The maximum absolute atomic E-state index is 14.4. The summed E-state index contributed by atoms with van der Waals surface area (Å²) in [5.41, 5.74) is 3.16. The van der Waals surface area contributed by atoms with Gasteiger partial charge in [-0.2, -0.15) is 0 Å². The van der Waals surface area contributed by atoms with E-state index >= 15 is 0 Å². The quantitative estimate of drug-likeness (QED) is 0.213. The van der Waals surface area contributed by atoms with E-state index in [0.717, 1.165) is 27.4 Å². The van der Waals surface area contributed by atoms with Crippen LogP contribution in [-0.4, -0.2) is 43.8 Å². The van der Waals surface area contributed by atoms with Gasteiger partial charge in [0.05, 0.1) is 10.6 Å². The molecule has 4 aromatic rings. The van der Waals surface area contributed by atoms with Crippen LogP contribution in [0.5, 0.6) is 0 Å². The molecule has 0 aliphatic carbocycles. The Morgan fingerprint density at radius 1 is 0.767 bits per heavy atom. The molecule has 8 heteroatoms. The molecule has 0 aromatic heterocycles. The number of para-hydroxylation sites is 1. The first-order valence-electron chi connectivity index (χ1n) is 14.5. The van der Waals surface area contributed by atoms with E-state index in [0.29, 0.717) is 5.69 Å². The highest BCUT2D eigenvalue weighted by molar-refractivity contribution is 7.92. The predicted octanol–water partition coefficient (Wildman–Crippen LogP) is 5.75. The number of sulfonamides is 1. The molecular formula is C35H39N3O4S. The van der Waals surface area contributed by atoms with Crippen molar-refractivity contribution >= 4 is 27.5 Å². The molecule has 0 heterocycles. The summed E-state index contributed by atoms with van der Waals surface area (Å²) in [6.07, 6.45) is 1.00. The van der Waals surface area contributed by atoms with Crippen molar-refractivity contribution in [3.63, 3.8) is 0 Å². The van der Waals surface area contributed by atoms with Crippen molar-refractivity contribution in [2.75, 3.05) is 10.8 Å². The van der Waals surface area contributed by atoms with Crippen LogP contribution in [-0.2, 0) is 32.6 Å². The van der Waals surface area contributed by atoms with Gasteiger partial charge in [-0.05, 0) is 55.7 Å². The van der Waals surface area contributed by atoms with Crippen LogP contribution < -0.4 is 9.62 Å². The van der Waals surface area contributed by atoms with Crippen LogP contribution in [0.25, 0.3) is 0 Å². The molecular weight excluding hydrogens is 558 g/mol. The van der Waals surface area contributed by atoms with Gasteiger partial charge in [0.15, 0.2) is 0 Å². The molecule has 4 rings (SSSR count). The molecule has 0 aliphatic rings. The molecule has 224 valence electrons. The SMILES string of the molecule is CC[C@H](C)NC(=O)[C@@H](Cc1ccccc1)N(Cc1ccc(C)cc1)C(=O)CN(c1ccccc1)S(=O)(=O)c1ccccc1. The Morgan fingerprint density at radius 3 is 1.91 bits per heavy atom. The first-order valence-corrected chi connectivity index (χ1v) is 15.9. The molecule has 0 saturated carbocycles. The maximum Gasteiger partial charge on any atom is 0.264 e. The van der Waals surface area contributed by atoms with Gasteiger partial charge in [-0.25, -0.2) is 8.42 Å². The smallest absolute Gasteiger partial charge is 0.264 e. The van der Waals surface area contributed by atoms with E-state index in [-0.39, 0.29) is 29.8 Å². The zero-order chi connectivity index (χ0) is 30.8. The molecule has 0 spiro atoms. The van der Waals surface area contributed by atoms with Crippen molar-refractivity contribution < 1.29 is 18.0 Å². The van der Waals surface area contributed by atoms with Gasteiger partial charge in [-0.1, -0.05) is 103 Å². The summed E-state index contributed by atoms with van der Waals surface area (Å²) in [5, 5.41) is 3.06. The highest BCUT2D eigenvalue weighted by atomic mass is 32.2. The van der Waals surface area contributed by atoms with Crippen LogP contribution in [0, 0.1) is 6.92 Å². The zero-order valence-corrected chi connectivity index (χ0v) is 25.7. The van der Waals surface area contributed by atoms with E-state index in [1.807, 2.05) is 75.4 Å². The number of nitrogens with one attached hydrogen (secondary N) is 1. The van der Waals surface area contributed by atoms with E-state index < -0.39 is 28.5 Å². The fraction of sp³-hybridized carbons (Fsp3) is 0.257. The average molecular weight is 598 g/mol. The summed E-state index contributed by atoms with van der Waals surface area (Å²) in [7, 11) is -4.10. The lowest BCUT2D eigenvalue weighted by Crippen LogP contribution is -2.54. The zero-order valence-electron chi connectivity index (χ0n) is 24.9. The average Bonchev–Trinajstić information content (AvgIpc) is 3.03. The Hall–Kier alpha value is -4.43. The van der Waals surface area contributed by atoms with E-state index in [9.17, 15) is 18.0 Å². The van der Waals surface area contributed by atoms with Gasteiger partial charge >= 0.3 is 0 Å². The minimum absolute atomic E-state index is 0.0760. The number of rotatable bonds is 13. The van der Waals surface area contributed by atoms with E-state index in [2.05, 4.69) is 5.32 Å². The summed E-state index contributed by atoms with van der Waals surface area (Å²) in [6.45, 7) is 5.55. The topological polar surface area (TPSA) is 86.8 Å². The fourth-order valence-corrected chi connectivity index (χ4v) is 6.16. The van der Waals surface area contributed by atoms with Gasteiger partial charge in [0.1, 0.15) is 12.6 Å². The largest absolute Gasteiger partial charge is 0.352 e. The lowest BCUT2D eigenvalue weighted by Gasteiger charge is -2.34. The van der Waals surface area contributed by atoms with E-state index in [1.165, 1.54) is 17.0 Å². The molecule has 0 radical (unpaired) electrons. The molecule has 0 saturated heterocycles. The van der Waals surface area contributed by atoms with Gasteiger partial charge in [-0.15, -0.1) is 0 Å². The molecule has 2 atom stereocenters. The summed E-state index contributed by atoms with van der Waals surface area (Å²) in [4.78, 5) is 29.8. The highest BCUT2D eigenvalue weighted by Crippen LogP contribution is 2.25. The summed E-state index contributed by atoms with van der Waals surface area (Å²) in [5.74, 6) is -0.764. The van der Waals surface area contributed by atoms with Gasteiger partial charge in [0.2, 0.25) is 11.8 Å². The number of amides is 2. The number of hydrogen-bond acceptors (Lipinski definition) is 4. The Labute approximate surface area is 255 Å². The highest BCUT2D eigenvalue weighted by Gasteiger charge is 2.34. The summed E-state index contributed by atoms with van der Waals surface area (Å²) in [6, 6.07) is 33.0. The Balaban J connectivity index is 1.78. The molecule has 43 heavy (non-hydrogen) atoms. The molecule has 2 amide bonds. The number of carbonyl (C=O) groups is 2. The molecule has 0 unspecified atom stereocenters. The van der Waals surface area contributed by atoms with Crippen molar-refractivity contribution in [2.24, 2.45) is 0 Å². The second-order valence-electron chi connectivity index (χ2n) is 10.7. The minimum atomic E-state index is -4.10. The number of benzene rings is 4. The predicted molar refractivity (Wildman–Crippen MR) is 171 cm³/mol. The van der Waals surface area contributed by atoms with Gasteiger partial charge < -0.3 is 10.2 Å². The number of carbonyl (C=O) groups excluding carboxylic acids is 2. The van der Waals surface area contributed by atoms with Gasteiger partial charge in [-0.3, -0.25) is 13.9 Å². The molecule has 4 aromatic carbocycles. The van der Waals surface area contributed by atoms with Gasteiger partial charge in [0, 0.05) is 19.0 Å². The first kappa shape index (κ1) is 31.5. The second kappa shape index (κ2) is 14.6. The Bertz CT molecular complexity index is 1580. The van der Waals surface area contributed by atoms with Crippen LogP contribution >= 0.6 is 0 Å². The van der Waals surface area contributed by atoms with Crippen molar-refractivity contribution in [1.29, 1.82) is 0 Å². The number of nitrogens with zero attached hydrogens (tertiary/aromatic N) is 2. The standard InChI is InChI=1S/C35H39N3O4S/c1-4-28(3)36-35(40)33(24-29-14-8-5-9-15-29)37(25-30-22-20-27(2)21-23-30)34(39)26-38(31-16-10-6-11-17-31)43(41,42)32-18-12-7-13-19-32/h5-23,28,33H,4,24-26H2,1-3H3,(H,36,40)/t28-,33+/m0/s1. The molecule has 1 N–H and O–H groups in total. The fourth-order valence-electron chi connectivity index (χ4n) is 4.73. The van der Waals surface area contributed by atoms with Crippen LogP contribution in [0.2, 0.25) is 0 Å². The minimum Gasteiger partial charge on any atom is -0.352 e. The Morgan fingerprint density at radius 2 is 1.33 bits per heavy atom. The van der Waals surface area contributed by atoms with Crippen LogP contribution in [0.1, 0.15) is 37.0 Å². The van der Waals surface area contributed by atoms with Crippen LogP contribution in [0.4, 0.5) is 5.69 Å². The second-order valence-corrected chi connectivity index (χ2v) is 12.6. The third kappa shape index (κ3) is 8.32. The Kier molecular flexibility index (Phi) is 10.7. The molecule has 7 nitrogen and oxygen atoms in total. The number of hydrogen-bond donors (Lipinski definition) is 1. The summed E-state index contributed by atoms with van der Waals surface area (Å²) < 4.78 is 29.0. The van der Waals surface area contributed by atoms with Crippen molar-refractivity contribution in [2.45, 2.75) is 57.1 Å². The third-order valence-corrected chi connectivity index (χ3v) is 9.19. The van der Waals surface area contributed by atoms with Crippen molar-refractivity contribution in [3.05, 3.63) is 132 Å². The van der Waals surface area contributed by atoms with Crippen molar-refractivity contribution in [1.82, 2.24) is 10.2 Å². The third-order valence-electron chi connectivity index (χ3n) is 7.40. The van der Waals surface area contributed by atoms with Crippen LogP contribution in [0.15, 0.2) is 120 Å².